The highest BCUT2D eigenvalue weighted by molar-refractivity contribution is 6.37. The van der Waals surface area contributed by atoms with Gasteiger partial charge in [-0.15, -0.1) is 0 Å². The quantitative estimate of drug-likeness (QED) is 0.0493. The molecule has 3 aromatic carbocycles. The maximum atomic E-state index is 14.6. The number of aryl methyl sites for hydroxylation is 1. The zero-order chi connectivity index (χ0) is 51.1. The average Bonchev–Trinajstić information content (AvgIpc) is 3.30. The molecular formula is C52H71N7O10. The Morgan fingerprint density at radius 1 is 0.681 bits per heavy atom. The van der Waals surface area contributed by atoms with E-state index in [1.54, 1.807) is 45.1 Å². The number of nitrogens with two attached hydrogens (primary N) is 1. The van der Waals surface area contributed by atoms with Gasteiger partial charge >= 0.3 is 0 Å². The summed E-state index contributed by atoms with van der Waals surface area (Å²) in [5.41, 5.74) is 7.45. The van der Waals surface area contributed by atoms with Crippen molar-refractivity contribution in [2.75, 3.05) is 13.2 Å². The fourth-order valence-corrected chi connectivity index (χ4v) is 7.18. The predicted molar refractivity (Wildman–Crippen MR) is 262 cm³/mol. The van der Waals surface area contributed by atoms with Gasteiger partial charge in [0.1, 0.15) is 30.2 Å². The Labute approximate surface area is 405 Å². The van der Waals surface area contributed by atoms with Crippen molar-refractivity contribution in [3.05, 3.63) is 113 Å². The summed E-state index contributed by atoms with van der Waals surface area (Å²) in [5.74, 6) is -6.76. The fraction of sp³-hybridized carbons (Fsp3) is 0.462. The van der Waals surface area contributed by atoms with Gasteiger partial charge in [0.15, 0.2) is 0 Å². The minimum absolute atomic E-state index is 0.0501. The van der Waals surface area contributed by atoms with Crippen molar-refractivity contribution < 1.29 is 48.2 Å². The first kappa shape index (κ1) is 56.6. The second kappa shape index (κ2) is 28.6. The number of aliphatic hydroxyl groups excluding tert-OH is 1. The van der Waals surface area contributed by atoms with Crippen LogP contribution in [0.15, 0.2) is 91.0 Å². The first-order valence-corrected chi connectivity index (χ1v) is 23.4. The molecule has 17 nitrogen and oxygen atoms in total. The van der Waals surface area contributed by atoms with E-state index in [1.165, 1.54) is 0 Å². The van der Waals surface area contributed by atoms with Crippen LogP contribution in [-0.2, 0) is 56.1 Å². The summed E-state index contributed by atoms with van der Waals surface area (Å²) in [6.07, 6.45) is 4.71. The number of benzene rings is 3. The van der Waals surface area contributed by atoms with E-state index in [0.29, 0.717) is 18.4 Å². The number of aliphatic hydroxyl groups is 1. The Morgan fingerprint density at radius 2 is 1.23 bits per heavy atom. The molecule has 0 aliphatic rings. The minimum atomic E-state index is -1.45. The number of carbonyl (C=O) groups excluding carboxylic acids is 8. The highest BCUT2D eigenvalue weighted by atomic mass is 16.5. The van der Waals surface area contributed by atoms with Gasteiger partial charge in [0, 0.05) is 12.8 Å². The summed E-state index contributed by atoms with van der Waals surface area (Å²) >= 11 is 0. The molecule has 3 rings (SSSR count). The standard InChI is InChI=1S/C52H71N7O10/c1-8-9-26-38(44(62)46(53)63)55-47(64)39(28-33(2)3)57-51(68)45(52(5,6)7)59-48(65)40(29-37-25-17-16-19-34(37)4)56-50(67)42(32-69-31-36-22-14-11-15-23-36)58-49(66)41(30-60)54-43(61)27-18-24-35-20-12-10-13-21-35/h10-25,33,38-42,45,60H,8-9,26-32H2,1-7H3,(H2,53,63)(H,54,61)(H,55,64)(H,56,67)(H,57,68)(H,58,66)(H,59,65)/b24-18+/t38-,39-,40-,41-,42+,45+/m0/s1. The summed E-state index contributed by atoms with van der Waals surface area (Å²) in [4.78, 5) is 108. The summed E-state index contributed by atoms with van der Waals surface area (Å²) in [6.45, 7) is 11.4. The van der Waals surface area contributed by atoms with E-state index in [9.17, 15) is 43.5 Å². The summed E-state index contributed by atoms with van der Waals surface area (Å²) in [6, 6.07) is 17.7. The molecule has 0 saturated carbocycles. The van der Waals surface area contributed by atoms with Crippen molar-refractivity contribution >= 4 is 53.2 Å². The van der Waals surface area contributed by atoms with Gasteiger partial charge in [0.25, 0.3) is 5.91 Å². The number of Topliss-reactive ketones (excluding diaryl/α,β-unsaturated/α-hetero) is 1. The van der Waals surface area contributed by atoms with E-state index in [-0.39, 0.29) is 44.8 Å². The Bertz CT molecular complexity index is 2210. The lowest BCUT2D eigenvalue weighted by atomic mass is 9.85. The lowest BCUT2D eigenvalue weighted by Crippen LogP contribution is -2.62. The minimum Gasteiger partial charge on any atom is -0.394 e. The highest BCUT2D eigenvalue weighted by Gasteiger charge is 2.38. The van der Waals surface area contributed by atoms with Gasteiger partial charge in [-0.2, -0.15) is 0 Å². The molecule has 6 atom stereocenters. The first-order valence-electron chi connectivity index (χ1n) is 23.4. The number of ether oxygens (including phenoxy) is 1. The molecule has 0 aliphatic heterocycles. The molecule has 0 radical (unpaired) electrons. The van der Waals surface area contributed by atoms with E-state index in [4.69, 9.17) is 10.5 Å². The Kier molecular flexibility index (Phi) is 23.4. The van der Waals surface area contributed by atoms with Crippen LogP contribution in [0.1, 0.15) is 95.9 Å². The van der Waals surface area contributed by atoms with Crippen molar-refractivity contribution in [2.45, 2.75) is 130 Å². The van der Waals surface area contributed by atoms with E-state index in [0.717, 1.165) is 16.7 Å². The largest absolute Gasteiger partial charge is 0.394 e. The van der Waals surface area contributed by atoms with Gasteiger partial charge in [-0.1, -0.05) is 151 Å². The van der Waals surface area contributed by atoms with E-state index < -0.39 is 95.4 Å². The molecule has 0 fully saturated rings. The number of amides is 7. The predicted octanol–water partition coefficient (Wildman–Crippen LogP) is 3.10. The van der Waals surface area contributed by atoms with E-state index in [2.05, 4.69) is 31.9 Å². The average molecular weight is 954 g/mol. The lowest BCUT2D eigenvalue weighted by molar-refractivity contribution is -0.139. The van der Waals surface area contributed by atoms with Crippen LogP contribution in [0.25, 0.3) is 6.08 Å². The Hall–Kier alpha value is -6.72. The van der Waals surface area contributed by atoms with E-state index >= 15 is 0 Å². The fourth-order valence-electron chi connectivity index (χ4n) is 7.18. The molecule has 0 aromatic heterocycles. The summed E-state index contributed by atoms with van der Waals surface area (Å²) in [7, 11) is 0. The molecule has 0 aliphatic carbocycles. The van der Waals surface area contributed by atoms with E-state index in [1.807, 2.05) is 100 Å². The van der Waals surface area contributed by atoms with Crippen LogP contribution in [0.2, 0.25) is 0 Å². The number of rotatable bonds is 28. The zero-order valence-electron chi connectivity index (χ0n) is 40.8. The van der Waals surface area contributed by atoms with Crippen molar-refractivity contribution in [3.8, 4) is 0 Å². The van der Waals surface area contributed by atoms with Crippen LogP contribution in [0, 0.1) is 18.3 Å². The molecule has 0 saturated heterocycles. The molecule has 69 heavy (non-hydrogen) atoms. The molecular weight excluding hydrogens is 883 g/mol. The first-order chi connectivity index (χ1) is 32.7. The number of primary amides is 1. The monoisotopic (exact) mass is 954 g/mol. The highest BCUT2D eigenvalue weighted by Crippen LogP contribution is 2.21. The number of hydrogen-bond donors (Lipinski definition) is 8. The molecule has 9 N–H and O–H groups in total. The smallest absolute Gasteiger partial charge is 0.287 e. The van der Waals surface area contributed by atoms with Gasteiger partial charge in [-0.25, -0.2) is 0 Å². The van der Waals surface area contributed by atoms with Gasteiger partial charge in [-0.3, -0.25) is 38.4 Å². The van der Waals surface area contributed by atoms with Gasteiger partial charge in [0.05, 0.1) is 25.9 Å². The molecule has 0 heterocycles. The summed E-state index contributed by atoms with van der Waals surface area (Å²) < 4.78 is 5.90. The zero-order valence-corrected chi connectivity index (χ0v) is 40.8. The molecule has 0 unspecified atom stereocenters. The third-order valence-electron chi connectivity index (χ3n) is 11.1. The molecule has 7 amide bonds. The molecule has 0 spiro atoms. The molecule has 0 bridgehead atoms. The summed E-state index contributed by atoms with van der Waals surface area (Å²) in [5, 5.41) is 26.2. The van der Waals surface area contributed by atoms with Crippen LogP contribution in [0.5, 0.6) is 0 Å². The second-order valence-electron chi connectivity index (χ2n) is 18.5. The van der Waals surface area contributed by atoms with Crippen molar-refractivity contribution in [1.82, 2.24) is 31.9 Å². The normalized spacial score (nSPS) is 14.0. The number of unbranched alkanes of at least 4 members (excludes halogenated alkanes) is 1. The van der Waals surface area contributed by atoms with Crippen LogP contribution < -0.4 is 37.6 Å². The van der Waals surface area contributed by atoms with Gasteiger partial charge in [0.2, 0.25) is 41.2 Å². The van der Waals surface area contributed by atoms with Crippen LogP contribution >= 0.6 is 0 Å². The van der Waals surface area contributed by atoms with Crippen molar-refractivity contribution in [2.24, 2.45) is 17.1 Å². The van der Waals surface area contributed by atoms with Gasteiger partial charge in [-0.05, 0) is 53.4 Å². The third kappa shape index (κ3) is 19.8. The maximum Gasteiger partial charge on any atom is 0.287 e. The number of nitrogens with one attached hydrogen (secondary N) is 6. The van der Waals surface area contributed by atoms with Crippen molar-refractivity contribution in [1.29, 1.82) is 0 Å². The van der Waals surface area contributed by atoms with Crippen molar-refractivity contribution in [3.63, 3.8) is 0 Å². The number of ketones is 1. The Balaban J connectivity index is 1.92. The van der Waals surface area contributed by atoms with Crippen LogP contribution in [0.4, 0.5) is 0 Å². The molecule has 3 aromatic rings. The lowest BCUT2D eigenvalue weighted by Gasteiger charge is -2.34. The topological polar surface area (TPSA) is 264 Å². The van der Waals surface area contributed by atoms with Gasteiger partial charge < -0.3 is 47.5 Å². The number of hydrogen-bond acceptors (Lipinski definition) is 10. The Morgan fingerprint density at radius 3 is 1.83 bits per heavy atom. The molecule has 17 heteroatoms. The van der Waals surface area contributed by atoms with Crippen LogP contribution in [-0.4, -0.2) is 102 Å². The SMILES string of the molecule is CCCC[C@H](NC(=O)[C@H](CC(C)C)NC(=O)[C@@H](NC(=O)[C@H](Cc1ccccc1C)NC(=O)[C@@H](COCc1ccccc1)NC(=O)[C@H](CO)NC(=O)C/C=C/c1ccccc1)C(C)(C)C)C(=O)C(N)=O. The second-order valence-corrected chi connectivity index (χ2v) is 18.5. The number of carbonyl (C=O) groups is 8. The third-order valence-corrected chi connectivity index (χ3v) is 11.1. The van der Waals surface area contributed by atoms with Crippen LogP contribution in [0.3, 0.4) is 0 Å². The molecule has 374 valence electrons. The maximum absolute atomic E-state index is 14.6.